The molecule has 72 valence electrons. The molecule has 0 aliphatic rings. The van der Waals surface area contributed by atoms with E-state index in [1.54, 1.807) is 13.8 Å². The summed E-state index contributed by atoms with van der Waals surface area (Å²) in [7, 11) is 0. The highest BCUT2D eigenvalue weighted by Crippen LogP contribution is 2.08. The van der Waals surface area contributed by atoms with Gasteiger partial charge in [0.05, 0.1) is 12.1 Å². The van der Waals surface area contributed by atoms with Crippen molar-refractivity contribution < 1.29 is 9.32 Å². The standard InChI is InChI=1S/C8H13N3O2/c1-5(6(2)9)8(12)11-7-3-10-13-4-7/h3-6H,9H2,1-2H3,(H,11,12). The first kappa shape index (κ1) is 9.73. The predicted molar refractivity (Wildman–Crippen MR) is 47.9 cm³/mol. The zero-order valence-electron chi connectivity index (χ0n) is 7.65. The summed E-state index contributed by atoms with van der Waals surface area (Å²) in [6.45, 7) is 3.56. The van der Waals surface area contributed by atoms with E-state index in [4.69, 9.17) is 5.73 Å². The highest BCUT2D eigenvalue weighted by Gasteiger charge is 2.17. The first-order valence-electron chi connectivity index (χ1n) is 4.07. The maximum atomic E-state index is 11.4. The molecule has 0 saturated heterocycles. The fourth-order valence-corrected chi connectivity index (χ4v) is 0.761. The molecule has 0 saturated carbocycles. The number of nitrogens with zero attached hydrogens (tertiary/aromatic N) is 1. The minimum absolute atomic E-state index is 0.127. The Morgan fingerprint density at radius 1 is 1.69 bits per heavy atom. The van der Waals surface area contributed by atoms with Crippen LogP contribution in [0.2, 0.25) is 0 Å². The summed E-state index contributed by atoms with van der Waals surface area (Å²) in [5.41, 5.74) is 6.12. The Morgan fingerprint density at radius 2 is 2.38 bits per heavy atom. The van der Waals surface area contributed by atoms with Crippen molar-refractivity contribution in [2.24, 2.45) is 11.7 Å². The van der Waals surface area contributed by atoms with Gasteiger partial charge in [0.1, 0.15) is 12.0 Å². The van der Waals surface area contributed by atoms with Gasteiger partial charge in [-0.2, -0.15) is 0 Å². The van der Waals surface area contributed by atoms with Crippen LogP contribution in [0, 0.1) is 5.92 Å². The van der Waals surface area contributed by atoms with Crippen molar-refractivity contribution in [1.82, 2.24) is 5.16 Å². The lowest BCUT2D eigenvalue weighted by atomic mass is 10.0. The van der Waals surface area contributed by atoms with E-state index in [0.717, 1.165) is 0 Å². The molecule has 0 aliphatic carbocycles. The van der Waals surface area contributed by atoms with Crippen molar-refractivity contribution in [3.63, 3.8) is 0 Å². The van der Waals surface area contributed by atoms with Crippen LogP contribution in [0.5, 0.6) is 0 Å². The average molecular weight is 183 g/mol. The van der Waals surface area contributed by atoms with Gasteiger partial charge in [0.2, 0.25) is 5.91 Å². The van der Waals surface area contributed by atoms with Crippen LogP contribution >= 0.6 is 0 Å². The van der Waals surface area contributed by atoms with Crippen LogP contribution < -0.4 is 11.1 Å². The Kier molecular flexibility index (Phi) is 3.02. The van der Waals surface area contributed by atoms with Gasteiger partial charge in [-0.1, -0.05) is 12.1 Å². The number of anilines is 1. The van der Waals surface area contributed by atoms with E-state index >= 15 is 0 Å². The van der Waals surface area contributed by atoms with Gasteiger partial charge in [0.15, 0.2) is 0 Å². The second kappa shape index (κ2) is 4.04. The van der Waals surface area contributed by atoms with Crippen molar-refractivity contribution >= 4 is 11.6 Å². The fourth-order valence-electron chi connectivity index (χ4n) is 0.761. The highest BCUT2D eigenvalue weighted by atomic mass is 16.5. The molecule has 0 fully saturated rings. The molecule has 0 aliphatic heterocycles. The molecule has 0 spiro atoms. The number of hydrogen-bond acceptors (Lipinski definition) is 4. The van der Waals surface area contributed by atoms with E-state index < -0.39 is 0 Å². The summed E-state index contributed by atoms with van der Waals surface area (Å²) < 4.78 is 4.56. The van der Waals surface area contributed by atoms with Crippen molar-refractivity contribution in [3.8, 4) is 0 Å². The Morgan fingerprint density at radius 3 is 2.85 bits per heavy atom. The molecule has 1 heterocycles. The number of aromatic nitrogens is 1. The Balaban J connectivity index is 2.51. The number of nitrogens with two attached hydrogens (primary N) is 1. The second-order valence-electron chi connectivity index (χ2n) is 3.05. The van der Waals surface area contributed by atoms with Gasteiger partial charge in [-0.15, -0.1) is 0 Å². The molecule has 1 aromatic rings. The largest absolute Gasteiger partial charge is 0.363 e. The molecule has 0 radical (unpaired) electrons. The zero-order valence-corrected chi connectivity index (χ0v) is 7.65. The number of hydrogen-bond donors (Lipinski definition) is 2. The number of carbonyl (C=O) groups is 1. The smallest absolute Gasteiger partial charge is 0.228 e. The van der Waals surface area contributed by atoms with Crippen LogP contribution in [-0.4, -0.2) is 17.1 Å². The van der Waals surface area contributed by atoms with Crippen molar-refractivity contribution in [2.45, 2.75) is 19.9 Å². The van der Waals surface area contributed by atoms with Crippen molar-refractivity contribution in [2.75, 3.05) is 5.32 Å². The lowest BCUT2D eigenvalue weighted by molar-refractivity contribution is -0.119. The van der Waals surface area contributed by atoms with Gasteiger partial charge in [0.25, 0.3) is 0 Å². The molecule has 5 nitrogen and oxygen atoms in total. The van der Waals surface area contributed by atoms with Gasteiger partial charge in [-0.05, 0) is 6.92 Å². The average Bonchev–Trinajstić information content (AvgIpc) is 2.55. The molecule has 2 atom stereocenters. The monoisotopic (exact) mass is 183 g/mol. The Labute approximate surface area is 76.3 Å². The van der Waals surface area contributed by atoms with Crippen LogP contribution in [0.25, 0.3) is 0 Å². The molecule has 13 heavy (non-hydrogen) atoms. The third-order valence-corrected chi connectivity index (χ3v) is 1.90. The normalized spacial score (nSPS) is 15.0. The Hall–Kier alpha value is -1.36. The third-order valence-electron chi connectivity index (χ3n) is 1.90. The molecule has 0 aromatic carbocycles. The first-order valence-corrected chi connectivity index (χ1v) is 4.07. The van der Waals surface area contributed by atoms with E-state index in [1.165, 1.54) is 12.5 Å². The summed E-state index contributed by atoms with van der Waals surface area (Å²) in [6, 6.07) is -0.167. The molecule has 3 N–H and O–H groups in total. The van der Waals surface area contributed by atoms with Crippen LogP contribution in [0.3, 0.4) is 0 Å². The van der Waals surface area contributed by atoms with E-state index in [1.807, 2.05) is 0 Å². The van der Waals surface area contributed by atoms with Crippen LogP contribution in [-0.2, 0) is 4.79 Å². The number of carbonyl (C=O) groups excluding carboxylic acids is 1. The molecule has 1 amide bonds. The SMILES string of the molecule is CC(N)C(C)C(=O)Nc1cnoc1. The molecular formula is C8H13N3O2. The summed E-state index contributed by atoms with van der Waals surface area (Å²) in [5, 5.41) is 6.09. The van der Waals surface area contributed by atoms with E-state index in [-0.39, 0.29) is 17.9 Å². The molecular weight excluding hydrogens is 170 g/mol. The highest BCUT2D eigenvalue weighted by molar-refractivity contribution is 5.92. The minimum atomic E-state index is -0.227. The van der Waals surface area contributed by atoms with Crippen LogP contribution in [0.15, 0.2) is 17.0 Å². The van der Waals surface area contributed by atoms with Crippen LogP contribution in [0.4, 0.5) is 5.69 Å². The predicted octanol–water partition coefficient (Wildman–Crippen LogP) is 0.596. The molecule has 0 bridgehead atoms. The van der Waals surface area contributed by atoms with Crippen molar-refractivity contribution in [1.29, 1.82) is 0 Å². The van der Waals surface area contributed by atoms with Crippen molar-refractivity contribution in [3.05, 3.63) is 12.5 Å². The summed E-state index contributed by atoms with van der Waals surface area (Å²) in [5.74, 6) is -0.354. The van der Waals surface area contributed by atoms with Gasteiger partial charge in [0, 0.05) is 6.04 Å². The van der Waals surface area contributed by atoms with Gasteiger partial charge in [-0.25, -0.2) is 0 Å². The van der Waals surface area contributed by atoms with E-state index in [0.29, 0.717) is 5.69 Å². The Bertz CT molecular complexity index is 269. The first-order chi connectivity index (χ1) is 6.11. The number of nitrogens with one attached hydrogen (secondary N) is 1. The number of amides is 1. The molecule has 5 heteroatoms. The number of rotatable bonds is 3. The second-order valence-corrected chi connectivity index (χ2v) is 3.05. The lowest BCUT2D eigenvalue weighted by Gasteiger charge is -2.13. The maximum absolute atomic E-state index is 11.4. The van der Waals surface area contributed by atoms with Gasteiger partial charge >= 0.3 is 0 Å². The minimum Gasteiger partial charge on any atom is -0.363 e. The van der Waals surface area contributed by atoms with Crippen LogP contribution in [0.1, 0.15) is 13.8 Å². The molecule has 1 aromatic heterocycles. The summed E-state index contributed by atoms with van der Waals surface area (Å²) in [6.07, 6.45) is 2.80. The summed E-state index contributed by atoms with van der Waals surface area (Å²) >= 11 is 0. The fraction of sp³-hybridized carbons (Fsp3) is 0.500. The summed E-state index contributed by atoms with van der Waals surface area (Å²) in [4.78, 5) is 11.4. The van der Waals surface area contributed by atoms with Gasteiger partial charge < -0.3 is 15.6 Å². The quantitative estimate of drug-likeness (QED) is 0.718. The van der Waals surface area contributed by atoms with Gasteiger partial charge in [-0.3, -0.25) is 4.79 Å². The zero-order chi connectivity index (χ0) is 9.84. The molecule has 2 unspecified atom stereocenters. The third kappa shape index (κ3) is 2.55. The van der Waals surface area contributed by atoms with E-state index in [9.17, 15) is 4.79 Å². The molecule has 1 rings (SSSR count). The lowest BCUT2D eigenvalue weighted by Crippen LogP contribution is -2.34. The van der Waals surface area contributed by atoms with E-state index in [2.05, 4.69) is 15.0 Å². The maximum Gasteiger partial charge on any atom is 0.228 e. The topological polar surface area (TPSA) is 81.2 Å².